The summed E-state index contributed by atoms with van der Waals surface area (Å²) in [5.41, 5.74) is -0.0945. The van der Waals surface area contributed by atoms with Gasteiger partial charge in [0.15, 0.2) is 4.80 Å². The van der Waals surface area contributed by atoms with E-state index in [4.69, 9.17) is 4.74 Å². The van der Waals surface area contributed by atoms with Gasteiger partial charge in [-0.05, 0) is 31.9 Å². The van der Waals surface area contributed by atoms with Crippen LogP contribution in [0.4, 0.5) is 4.39 Å². The molecule has 0 bridgehead atoms. The van der Waals surface area contributed by atoms with Gasteiger partial charge in [0.1, 0.15) is 11.9 Å². The van der Waals surface area contributed by atoms with Crippen molar-refractivity contribution in [2.24, 2.45) is 4.99 Å². The van der Waals surface area contributed by atoms with Gasteiger partial charge in [-0.1, -0.05) is 12.1 Å². The number of benzene rings is 1. The number of hydrogen-bond acceptors (Lipinski definition) is 4. The highest BCUT2D eigenvalue weighted by atomic mass is 32.1. The van der Waals surface area contributed by atoms with Gasteiger partial charge in [0, 0.05) is 24.7 Å². The van der Waals surface area contributed by atoms with E-state index < -0.39 is 17.8 Å². The second-order valence-corrected chi connectivity index (χ2v) is 6.92. The smallest absolute Gasteiger partial charge is 0.282 e. The first kappa shape index (κ1) is 18.5. The highest BCUT2D eigenvalue weighted by molar-refractivity contribution is 7.07. The first-order valence-electron chi connectivity index (χ1n) is 8.45. The number of nitrogens with one attached hydrogen (secondary N) is 1. The van der Waals surface area contributed by atoms with E-state index in [2.05, 4.69) is 10.3 Å². The Kier molecular flexibility index (Phi) is 5.95. The molecule has 2 atom stereocenters. The molecule has 0 spiro atoms. The monoisotopic (exact) mass is 377 g/mol. The van der Waals surface area contributed by atoms with E-state index in [-0.39, 0.29) is 17.6 Å². The summed E-state index contributed by atoms with van der Waals surface area (Å²) in [4.78, 5) is 29.0. The van der Waals surface area contributed by atoms with Crippen LogP contribution in [0.25, 0.3) is 0 Å². The molecule has 1 saturated heterocycles. The van der Waals surface area contributed by atoms with Gasteiger partial charge in [0.2, 0.25) is 5.91 Å². The molecule has 0 unspecified atom stereocenters. The number of carbonyl (C=O) groups is 2. The lowest BCUT2D eigenvalue weighted by Gasteiger charge is -2.16. The fraction of sp³-hybridized carbons (Fsp3) is 0.389. The van der Waals surface area contributed by atoms with Gasteiger partial charge in [-0.3, -0.25) is 9.59 Å². The third kappa shape index (κ3) is 4.25. The molecule has 26 heavy (non-hydrogen) atoms. The minimum absolute atomic E-state index is 0.0606. The maximum absolute atomic E-state index is 13.7. The first-order chi connectivity index (χ1) is 12.6. The number of rotatable bonds is 5. The molecule has 2 amide bonds. The molecule has 1 aliphatic rings. The zero-order valence-corrected chi connectivity index (χ0v) is 15.2. The third-order valence-corrected chi connectivity index (χ3v) is 5.01. The van der Waals surface area contributed by atoms with Crippen LogP contribution in [0.2, 0.25) is 0 Å². The van der Waals surface area contributed by atoms with Gasteiger partial charge >= 0.3 is 0 Å². The topological polar surface area (TPSA) is 72.7 Å². The summed E-state index contributed by atoms with van der Waals surface area (Å²) >= 11 is 1.22. The van der Waals surface area contributed by atoms with Crippen LogP contribution in [-0.4, -0.2) is 35.6 Å². The van der Waals surface area contributed by atoms with E-state index in [0.29, 0.717) is 11.3 Å². The molecule has 0 radical (unpaired) electrons. The van der Waals surface area contributed by atoms with Crippen molar-refractivity contribution >= 4 is 23.2 Å². The third-order valence-electron chi connectivity index (χ3n) is 4.24. The maximum atomic E-state index is 13.7. The molecule has 1 aromatic carbocycles. The summed E-state index contributed by atoms with van der Waals surface area (Å²) < 4.78 is 20.8. The van der Waals surface area contributed by atoms with Crippen LogP contribution in [-0.2, 0) is 9.53 Å². The lowest BCUT2D eigenvalue weighted by atomic mass is 10.2. The van der Waals surface area contributed by atoms with Crippen LogP contribution < -0.4 is 10.1 Å². The predicted octanol–water partition coefficient (Wildman–Crippen LogP) is 2.29. The lowest BCUT2D eigenvalue weighted by Crippen LogP contribution is -2.38. The van der Waals surface area contributed by atoms with Gasteiger partial charge < -0.3 is 14.6 Å². The summed E-state index contributed by atoms with van der Waals surface area (Å²) in [6.45, 7) is 2.93. The molecule has 1 fully saturated rings. The molecule has 138 valence electrons. The number of hydrogen-bond donors (Lipinski definition) is 1. The summed E-state index contributed by atoms with van der Waals surface area (Å²) in [7, 11) is 0. The molecule has 8 heteroatoms. The van der Waals surface area contributed by atoms with Crippen molar-refractivity contribution in [2.75, 3.05) is 13.2 Å². The molecule has 0 aliphatic carbocycles. The number of nitrogens with zero attached hydrogens (tertiary/aromatic N) is 2. The van der Waals surface area contributed by atoms with Crippen molar-refractivity contribution in [3.8, 4) is 0 Å². The van der Waals surface area contributed by atoms with Gasteiger partial charge in [-0.15, -0.1) is 11.3 Å². The number of ether oxygens (including phenoxy) is 1. The molecule has 2 aromatic rings. The van der Waals surface area contributed by atoms with Crippen LogP contribution in [0.3, 0.4) is 0 Å². The zero-order chi connectivity index (χ0) is 18.5. The van der Waals surface area contributed by atoms with Crippen molar-refractivity contribution in [1.29, 1.82) is 0 Å². The lowest BCUT2D eigenvalue weighted by molar-refractivity contribution is -0.124. The Morgan fingerprint density at radius 3 is 3.00 bits per heavy atom. The van der Waals surface area contributed by atoms with E-state index in [9.17, 15) is 14.0 Å². The molecular weight excluding hydrogens is 357 g/mol. The van der Waals surface area contributed by atoms with E-state index in [1.807, 2.05) is 0 Å². The Bertz CT molecular complexity index is 855. The fourth-order valence-corrected chi connectivity index (χ4v) is 3.53. The van der Waals surface area contributed by atoms with E-state index in [1.165, 1.54) is 29.5 Å². The van der Waals surface area contributed by atoms with Crippen molar-refractivity contribution < 1.29 is 18.7 Å². The van der Waals surface area contributed by atoms with Gasteiger partial charge in [0.25, 0.3) is 5.91 Å². The molecule has 1 N–H and O–H groups in total. The van der Waals surface area contributed by atoms with Crippen LogP contribution in [0.1, 0.15) is 36.2 Å². The van der Waals surface area contributed by atoms with E-state index >= 15 is 0 Å². The van der Waals surface area contributed by atoms with Crippen LogP contribution in [0.5, 0.6) is 0 Å². The molecule has 1 aromatic heterocycles. The first-order valence-corrected chi connectivity index (χ1v) is 9.33. The van der Waals surface area contributed by atoms with Crippen molar-refractivity contribution in [1.82, 2.24) is 9.88 Å². The quantitative estimate of drug-likeness (QED) is 0.869. The summed E-state index contributed by atoms with van der Waals surface area (Å²) in [6, 6.07) is 5.14. The highest BCUT2D eigenvalue weighted by Crippen LogP contribution is 2.12. The molecule has 6 nitrogen and oxygen atoms in total. The summed E-state index contributed by atoms with van der Waals surface area (Å²) in [5.74, 6) is -1.48. The average Bonchev–Trinajstić information content (AvgIpc) is 3.31. The van der Waals surface area contributed by atoms with Gasteiger partial charge in [-0.2, -0.15) is 4.99 Å². The standard InChI is InChI=1S/C18H20FN3O3S/c1-12(16(23)20-11-13-5-4-9-25-13)22-8-10-26-18(22)21-17(24)14-6-2-3-7-15(14)19/h2-3,6-8,10,12-13H,4-5,9,11H2,1H3,(H,20,23)/t12-,13-/m0/s1. The van der Waals surface area contributed by atoms with Crippen molar-refractivity contribution in [2.45, 2.75) is 31.9 Å². The highest BCUT2D eigenvalue weighted by Gasteiger charge is 2.20. The molecule has 3 rings (SSSR count). The normalized spacial score (nSPS) is 18.7. The van der Waals surface area contributed by atoms with Crippen molar-refractivity contribution in [3.05, 3.63) is 52.0 Å². The largest absolute Gasteiger partial charge is 0.376 e. The second-order valence-electron chi connectivity index (χ2n) is 6.05. The summed E-state index contributed by atoms with van der Waals surface area (Å²) in [5, 5.41) is 4.60. The number of thiazole rings is 1. The number of aromatic nitrogens is 1. The molecular formula is C18H20FN3O3S. The maximum Gasteiger partial charge on any atom is 0.282 e. The van der Waals surface area contributed by atoms with Gasteiger partial charge in [0.05, 0.1) is 11.7 Å². The average molecular weight is 377 g/mol. The summed E-state index contributed by atoms with van der Waals surface area (Å²) in [6.07, 6.45) is 3.70. The molecule has 2 heterocycles. The Labute approximate surface area is 154 Å². The Morgan fingerprint density at radius 1 is 1.46 bits per heavy atom. The molecule has 1 aliphatic heterocycles. The number of halogens is 1. The van der Waals surface area contributed by atoms with Crippen LogP contribution in [0, 0.1) is 5.82 Å². The predicted molar refractivity (Wildman–Crippen MR) is 95.3 cm³/mol. The number of carbonyl (C=O) groups excluding carboxylic acids is 2. The number of amides is 2. The minimum Gasteiger partial charge on any atom is -0.376 e. The Hall–Kier alpha value is -2.32. The van der Waals surface area contributed by atoms with Crippen LogP contribution >= 0.6 is 11.3 Å². The van der Waals surface area contributed by atoms with Gasteiger partial charge in [-0.25, -0.2) is 4.39 Å². The molecule has 0 saturated carbocycles. The second kappa shape index (κ2) is 8.37. The Morgan fingerprint density at radius 2 is 2.27 bits per heavy atom. The van der Waals surface area contributed by atoms with E-state index in [1.54, 1.807) is 29.1 Å². The van der Waals surface area contributed by atoms with Crippen LogP contribution in [0.15, 0.2) is 40.8 Å². The fourth-order valence-electron chi connectivity index (χ4n) is 2.74. The minimum atomic E-state index is -0.675. The Balaban J connectivity index is 1.73. The SMILES string of the molecule is C[C@@H](C(=O)NC[C@@H]1CCCO1)n1ccsc1=NC(=O)c1ccccc1F. The van der Waals surface area contributed by atoms with Crippen molar-refractivity contribution in [3.63, 3.8) is 0 Å². The zero-order valence-electron chi connectivity index (χ0n) is 14.4. The van der Waals surface area contributed by atoms with E-state index in [0.717, 1.165) is 19.4 Å².